The summed E-state index contributed by atoms with van der Waals surface area (Å²) in [7, 11) is 1.90. The van der Waals surface area contributed by atoms with Crippen LogP contribution in [0.3, 0.4) is 0 Å². The average molecular weight is 466 g/mol. The van der Waals surface area contributed by atoms with Crippen molar-refractivity contribution in [1.29, 1.82) is 0 Å². The highest BCUT2D eigenvalue weighted by atomic mass is 32.1. The van der Waals surface area contributed by atoms with Crippen molar-refractivity contribution >= 4 is 39.1 Å². The molecule has 1 saturated heterocycles. The van der Waals surface area contributed by atoms with Crippen molar-refractivity contribution in [1.82, 2.24) is 34.6 Å². The highest BCUT2D eigenvalue weighted by molar-refractivity contribution is 7.21. The summed E-state index contributed by atoms with van der Waals surface area (Å²) in [5.41, 5.74) is 2.77. The maximum absolute atomic E-state index is 9.63. The maximum Gasteiger partial charge on any atom is 0.227 e. The van der Waals surface area contributed by atoms with E-state index in [1.807, 2.05) is 51.6 Å². The number of pyridine rings is 1. The molecule has 172 valence electrons. The van der Waals surface area contributed by atoms with Crippen molar-refractivity contribution in [2.75, 3.05) is 42.9 Å². The highest BCUT2D eigenvalue weighted by Gasteiger charge is 2.20. The number of hydrogen-bond acceptors (Lipinski definition) is 10. The molecule has 33 heavy (non-hydrogen) atoms. The lowest BCUT2D eigenvalue weighted by Gasteiger charge is -2.35. The maximum atomic E-state index is 9.63. The molecule has 1 aliphatic rings. The number of anilines is 3. The minimum atomic E-state index is -0.314. The largest absolute Gasteiger partial charge is 0.392 e. The Bertz CT molecular complexity index is 1260. The number of fused-ring (bicyclic) bond motifs is 1. The normalized spacial score (nSPS) is 15.8. The van der Waals surface area contributed by atoms with Gasteiger partial charge in [-0.25, -0.2) is 15.0 Å². The summed E-state index contributed by atoms with van der Waals surface area (Å²) in [5, 5.41) is 18.1. The molecule has 0 aromatic carbocycles. The standard InChI is InChI=1S/C22H27N9OS/c1-14-8-20(28-22(25-14)31-6-4-30(5-7-31)12-15(2)32)27-19-9-17-18(11-23-19)33-21(26-17)16-10-24-29(3)13-16/h8-11,13,15,32H,4-7,12H2,1-3H3,(H,23,25,27,28). The molecule has 5 rings (SSSR count). The van der Waals surface area contributed by atoms with Crippen LogP contribution >= 0.6 is 11.3 Å². The molecule has 1 fully saturated rings. The van der Waals surface area contributed by atoms with Crippen LogP contribution in [0.5, 0.6) is 0 Å². The third kappa shape index (κ3) is 4.95. The number of thiazole rings is 1. The number of piperazine rings is 1. The van der Waals surface area contributed by atoms with E-state index in [0.29, 0.717) is 24.1 Å². The number of aryl methyl sites for hydroxylation is 2. The molecule has 0 saturated carbocycles. The molecule has 0 aliphatic carbocycles. The van der Waals surface area contributed by atoms with E-state index in [1.165, 1.54) is 0 Å². The first kappa shape index (κ1) is 21.7. The Hall–Kier alpha value is -3.15. The highest BCUT2D eigenvalue weighted by Crippen LogP contribution is 2.31. The number of rotatable bonds is 6. The molecule has 1 unspecified atom stereocenters. The predicted octanol–water partition coefficient (Wildman–Crippen LogP) is 2.44. The van der Waals surface area contributed by atoms with Crippen LogP contribution in [0.2, 0.25) is 0 Å². The van der Waals surface area contributed by atoms with Crippen LogP contribution < -0.4 is 10.2 Å². The minimum Gasteiger partial charge on any atom is -0.392 e. The number of nitrogens with zero attached hydrogens (tertiary/aromatic N) is 8. The second-order valence-electron chi connectivity index (χ2n) is 8.42. The average Bonchev–Trinajstić information content (AvgIpc) is 3.39. The van der Waals surface area contributed by atoms with E-state index in [1.54, 1.807) is 16.0 Å². The van der Waals surface area contributed by atoms with Crippen molar-refractivity contribution in [3.05, 3.63) is 36.4 Å². The number of hydrogen-bond donors (Lipinski definition) is 2. The van der Waals surface area contributed by atoms with Crippen LogP contribution in [0.25, 0.3) is 20.8 Å². The molecule has 0 spiro atoms. The fraction of sp³-hybridized carbons (Fsp3) is 0.409. The quantitative estimate of drug-likeness (QED) is 0.444. The molecule has 1 aliphatic heterocycles. The molecule has 2 N–H and O–H groups in total. The van der Waals surface area contributed by atoms with Crippen LogP contribution in [-0.4, -0.2) is 78.6 Å². The van der Waals surface area contributed by atoms with Crippen LogP contribution in [0.4, 0.5) is 17.6 Å². The third-order valence-electron chi connectivity index (χ3n) is 5.50. The zero-order valence-corrected chi connectivity index (χ0v) is 19.7. The third-order valence-corrected chi connectivity index (χ3v) is 6.56. The lowest BCUT2D eigenvalue weighted by atomic mass is 10.3. The van der Waals surface area contributed by atoms with Crippen LogP contribution in [-0.2, 0) is 7.05 Å². The summed E-state index contributed by atoms with van der Waals surface area (Å²) in [6.07, 6.45) is 5.30. The predicted molar refractivity (Wildman–Crippen MR) is 130 cm³/mol. The van der Waals surface area contributed by atoms with E-state index in [-0.39, 0.29) is 6.10 Å². The zero-order chi connectivity index (χ0) is 22.9. The van der Waals surface area contributed by atoms with Crippen molar-refractivity contribution < 1.29 is 5.11 Å². The van der Waals surface area contributed by atoms with Gasteiger partial charge in [0.05, 0.1) is 22.5 Å². The van der Waals surface area contributed by atoms with Gasteiger partial charge < -0.3 is 15.3 Å². The topological polar surface area (TPSA) is 108 Å². The molecule has 0 radical (unpaired) electrons. The smallest absolute Gasteiger partial charge is 0.227 e. The summed E-state index contributed by atoms with van der Waals surface area (Å²) in [5.74, 6) is 2.11. The van der Waals surface area contributed by atoms with Crippen molar-refractivity contribution in [3.8, 4) is 10.6 Å². The monoisotopic (exact) mass is 465 g/mol. The number of aromatic nitrogens is 6. The molecule has 4 aromatic heterocycles. The van der Waals surface area contributed by atoms with Crippen LogP contribution in [0.1, 0.15) is 12.6 Å². The lowest BCUT2D eigenvalue weighted by molar-refractivity contribution is 0.122. The molecule has 11 heteroatoms. The Morgan fingerprint density at radius 3 is 2.64 bits per heavy atom. The van der Waals surface area contributed by atoms with Gasteiger partial charge in [0.2, 0.25) is 5.95 Å². The van der Waals surface area contributed by atoms with E-state index >= 15 is 0 Å². The van der Waals surface area contributed by atoms with Gasteiger partial charge in [-0.3, -0.25) is 9.58 Å². The SMILES string of the molecule is Cc1cc(Nc2cc3nc(-c4cnn(C)c4)sc3cn2)nc(N2CCN(CC(C)O)CC2)n1. The van der Waals surface area contributed by atoms with Gasteiger partial charge in [-0.05, 0) is 13.8 Å². The van der Waals surface area contributed by atoms with Gasteiger partial charge in [0.25, 0.3) is 0 Å². The molecular formula is C22H27N9OS. The Morgan fingerprint density at radius 1 is 1.09 bits per heavy atom. The second kappa shape index (κ2) is 9.00. The van der Waals surface area contributed by atoms with Gasteiger partial charge in [0.15, 0.2) is 0 Å². The molecule has 5 heterocycles. The van der Waals surface area contributed by atoms with Gasteiger partial charge in [-0.2, -0.15) is 10.1 Å². The molecular weight excluding hydrogens is 438 g/mol. The summed E-state index contributed by atoms with van der Waals surface area (Å²) in [6.45, 7) is 7.91. The van der Waals surface area contributed by atoms with Gasteiger partial charge in [0.1, 0.15) is 16.6 Å². The van der Waals surface area contributed by atoms with E-state index < -0.39 is 0 Å². The summed E-state index contributed by atoms with van der Waals surface area (Å²) in [4.78, 5) is 23.2. The Kier molecular flexibility index (Phi) is 5.92. The van der Waals surface area contributed by atoms with Crippen LogP contribution in [0, 0.1) is 6.92 Å². The number of nitrogens with one attached hydrogen (secondary N) is 1. The summed E-state index contributed by atoms with van der Waals surface area (Å²) in [6, 6.07) is 3.86. The second-order valence-corrected chi connectivity index (χ2v) is 9.45. The lowest BCUT2D eigenvalue weighted by Crippen LogP contribution is -2.48. The van der Waals surface area contributed by atoms with Gasteiger partial charge >= 0.3 is 0 Å². The summed E-state index contributed by atoms with van der Waals surface area (Å²) < 4.78 is 2.79. The van der Waals surface area contributed by atoms with Crippen molar-refractivity contribution in [3.63, 3.8) is 0 Å². The van der Waals surface area contributed by atoms with E-state index in [9.17, 15) is 5.11 Å². The number of aliphatic hydroxyl groups is 1. The summed E-state index contributed by atoms with van der Waals surface area (Å²) >= 11 is 1.60. The fourth-order valence-corrected chi connectivity index (χ4v) is 4.84. The van der Waals surface area contributed by atoms with Crippen molar-refractivity contribution in [2.24, 2.45) is 7.05 Å². The number of aliphatic hydroxyl groups excluding tert-OH is 1. The van der Waals surface area contributed by atoms with Gasteiger partial charge in [-0.1, -0.05) is 0 Å². The Balaban J connectivity index is 1.32. The van der Waals surface area contributed by atoms with Gasteiger partial charge in [0, 0.05) is 75.6 Å². The molecule has 0 amide bonds. The van der Waals surface area contributed by atoms with E-state index in [2.05, 4.69) is 30.2 Å². The molecule has 10 nitrogen and oxygen atoms in total. The van der Waals surface area contributed by atoms with E-state index in [4.69, 9.17) is 9.97 Å². The van der Waals surface area contributed by atoms with Crippen molar-refractivity contribution in [2.45, 2.75) is 20.0 Å². The first-order valence-corrected chi connectivity index (χ1v) is 11.8. The van der Waals surface area contributed by atoms with E-state index in [0.717, 1.165) is 52.7 Å². The molecule has 4 aromatic rings. The first-order valence-electron chi connectivity index (χ1n) is 11.0. The van der Waals surface area contributed by atoms with Crippen LogP contribution in [0.15, 0.2) is 30.7 Å². The Morgan fingerprint density at radius 2 is 1.91 bits per heavy atom. The number of β-amino-alcohol motifs (C(OH)–C–C–N with tert-alkyl or cyclic N) is 1. The Labute approximate surface area is 195 Å². The van der Waals surface area contributed by atoms with Gasteiger partial charge in [-0.15, -0.1) is 11.3 Å². The molecule has 0 bridgehead atoms. The fourth-order valence-electron chi connectivity index (χ4n) is 3.95. The first-order chi connectivity index (χ1) is 15.9. The minimum absolute atomic E-state index is 0.314. The molecule has 1 atom stereocenters. The zero-order valence-electron chi connectivity index (χ0n) is 18.9.